The lowest BCUT2D eigenvalue weighted by atomic mass is 10.0. The molecule has 0 aromatic heterocycles. The second kappa shape index (κ2) is 34.6. The van der Waals surface area contributed by atoms with Crippen LogP contribution in [0.4, 0.5) is 0 Å². The fourth-order valence-electron chi connectivity index (χ4n) is 17.2. The molecule has 12 aliphatic heterocycles. The SMILES string of the molecule is CC(C)=O.CC(C)CC1(C)OC(C2COC(C)(C)O2)C(C2COC(C)(C)O2)O1.CC(C)CC1(C)OCC(C2OC(C)(CC(C)C)OC2C2COC(C)(C)O2)O1.CC(C)CC1(C)OCC(C2OC(C)(CC(C)C)OC2C2COC(C)(CC(C)C)O2)O1.CC1(C)OCC(C2OC(C)(C)OC2C2COC(C)(C)O2)O1.[H+]. The Morgan fingerprint density at radius 3 is 0.519 bits per heavy atom. The summed E-state index contributed by atoms with van der Waals surface area (Å²) in [5, 5.41) is 0. The van der Waals surface area contributed by atoms with Crippen LogP contribution in [-0.4, -0.2) is 226 Å². The van der Waals surface area contributed by atoms with Crippen LogP contribution in [0.15, 0.2) is 0 Å². The van der Waals surface area contributed by atoms with Crippen molar-refractivity contribution in [3.63, 3.8) is 0 Å². The van der Waals surface area contributed by atoms with Crippen LogP contribution in [0, 0.1) is 35.5 Å². The summed E-state index contributed by atoms with van der Waals surface area (Å²) < 4.78 is 147. The van der Waals surface area contributed by atoms with Gasteiger partial charge in [-0.15, -0.1) is 0 Å². The van der Waals surface area contributed by atoms with E-state index in [9.17, 15) is 4.79 Å². The molecular weight excluding hydrogens is 1370 g/mol. The summed E-state index contributed by atoms with van der Waals surface area (Å²) in [6, 6.07) is 0. The zero-order valence-corrected chi connectivity index (χ0v) is 71.3. The quantitative estimate of drug-likeness (QED) is 0.110. The molecule has 0 radical (unpaired) electrons. The number of carbonyl (C=O) groups excluding carboxylic acids is 1. The molecule has 12 saturated heterocycles. The smallest absolute Gasteiger partial charge is 0.348 e. The van der Waals surface area contributed by atoms with Gasteiger partial charge in [-0.1, -0.05) is 83.1 Å². The van der Waals surface area contributed by atoms with Gasteiger partial charge >= 0.3 is 1.43 Å². The van der Waals surface area contributed by atoms with Gasteiger partial charge < -0.3 is 118 Å². The van der Waals surface area contributed by atoms with Gasteiger partial charge in [0.05, 0.1) is 52.9 Å². The van der Waals surface area contributed by atoms with Crippen LogP contribution >= 0.6 is 0 Å². The number of ketones is 1. The molecular formula is C81H147O25+. The molecule has 0 N–H and O–H groups in total. The number of hydrogen-bond donors (Lipinski definition) is 0. The van der Waals surface area contributed by atoms with E-state index < -0.39 is 69.4 Å². The highest BCUT2D eigenvalue weighted by Crippen LogP contribution is 2.48. The standard InChI is InChI=1S/C24H44O6.C21H38O6.C18H32O6.C15H26O6.C3H6O/c1-15(2)10-22(7)25-13-18(27-22)20-21(30-24(9,29-20)12-17(5)6)19-14-26-23(8,28-19)11-16(3)4;1-13(2)9-20(7)23-12-16(25-20)18-17(15-11-22-19(5,6)24-15)26-21(8,27-18)10-14(3)4;1-11(2)8-18(7)23-14(12-9-19-16(3,4)21-12)15(24-18)13-10-20-17(5,6)22-13;1-13(2)16-7-9(18-13)11-12(21-15(5,6)20-11)10-8-17-14(3,4)19-10;1-3(2)4/h15-21H,10-14H2,1-9H3;13-18H,9-12H2,1-8H3;11-15H,8-10H2,1-7H3;9-12H,7-8H2,1-6H3;1-2H3/p+1. The molecule has 12 aliphatic rings. The lowest BCUT2D eigenvalue weighted by Gasteiger charge is -2.30. The van der Waals surface area contributed by atoms with Crippen molar-refractivity contribution < 1.29 is 120 Å². The van der Waals surface area contributed by atoms with Gasteiger partial charge in [-0.2, -0.15) is 0 Å². The van der Waals surface area contributed by atoms with E-state index in [1.165, 1.54) is 13.8 Å². The molecule has 0 bridgehead atoms. The number of ether oxygens (including phenoxy) is 24. The lowest BCUT2D eigenvalue weighted by Crippen LogP contribution is -2.45. The van der Waals surface area contributed by atoms with Crippen molar-refractivity contribution in [3.05, 3.63) is 0 Å². The summed E-state index contributed by atoms with van der Waals surface area (Å²) in [6.45, 7) is 68.2. The third-order valence-corrected chi connectivity index (χ3v) is 20.1. The molecule has 0 saturated carbocycles. The van der Waals surface area contributed by atoms with Gasteiger partial charge in [0.1, 0.15) is 103 Å². The molecule has 25 nitrogen and oxygen atoms in total. The Labute approximate surface area is 638 Å². The van der Waals surface area contributed by atoms with Gasteiger partial charge in [0.25, 0.3) is 0 Å². The Bertz CT molecular complexity index is 2660. The molecule has 0 aliphatic carbocycles. The van der Waals surface area contributed by atoms with Crippen molar-refractivity contribution in [1.29, 1.82) is 0 Å². The van der Waals surface area contributed by atoms with Crippen LogP contribution < -0.4 is 0 Å². The van der Waals surface area contributed by atoms with Crippen molar-refractivity contribution >= 4 is 5.78 Å². The molecule has 0 spiro atoms. The van der Waals surface area contributed by atoms with Crippen LogP contribution in [0.3, 0.4) is 0 Å². The van der Waals surface area contributed by atoms with Crippen LogP contribution in [0.1, 0.15) is 262 Å². The molecule has 12 rings (SSSR count). The summed E-state index contributed by atoms with van der Waals surface area (Å²) in [6.07, 6.45) is 1.63. The largest absolute Gasteiger partial charge is 1.00 e. The van der Waals surface area contributed by atoms with Crippen molar-refractivity contribution in [2.45, 2.75) is 427 Å². The molecule has 620 valence electrons. The third-order valence-electron chi connectivity index (χ3n) is 20.1. The van der Waals surface area contributed by atoms with Gasteiger partial charge in [0.15, 0.2) is 69.4 Å². The summed E-state index contributed by atoms with van der Waals surface area (Å²) in [5.74, 6) is -4.32. The van der Waals surface area contributed by atoms with Crippen molar-refractivity contribution in [2.24, 2.45) is 35.5 Å². The zero-order valence-electron chi connectivity index (χ0n) is 72.3. The Morgan fingerprint density at radius 1 is 0.226 bits per heavy atom. The van der Waals surface area contributed by atoms with Crippen LogP contribution in [0.2, 0.25) is 0 Å². The molecule has 25 heteroatoms. The minimum Gasteiger partial charge on any atom is -0.348 e. The minimum atomic E-state index is -0.665. The predicted molar refractivity (Wildman–Crippen MR) is 395 cm³/mol. The van der Waals surface area contributed by atoms with Crippen LogP contribution in [0.25, 0.3) is 0 Å². The molecule has 0 aromatic carbocycles. The predicted octanol–water partition coefficient (Wildman–Crippen LogP) is 14.1. The van der Waals surface area contributed by atoms with E-state index in [1.54, 1.807) is 0 Å². The highest BCUT2D eigenvalue weighted by Gasteiger charge is 2.62. The number of Topliss-reactive ketones (excluding diaryl/α,β-unsaturated/α-hetero) is 1. The fraction of sp³-hybridized carbons (Fsp3) is 0.988. The maximum atomic E-state index is 9.44. The average Bonchev–Trinajstić information content (AvgIpc) is 1.62. The summed E-state index contributed by atoms with van der Waals surface area (Å²) in [5.41, 5.74) is 0. The molecule has 0 amide bonds. The van der Waals surface area contributed by atoms with E-state index in [-0.39, 0.29) is 105 Å². The van der Waals surface area contributed by atoms with Crippen molar-refractivity contribution in [3.8, 4) is 0 Å². The monoisotopic (exact) mass is 1520 g/mol. The van der Waals surface area contributed by atoms with E-state index in [0.29, 0.717) is 88.4 Å². The van der Waals surface area contributed by atoms with Crippen LogP contribution in [-0.2, 0) is 118 Å². The van der Waals surface area contributed by atoms with E-state index in [2.05, 4.69) is 83.1 Å². The normalized spacial score (nSPS) is 43.2. The first kappa shape index (κ1) is 90.2. The summed E-state index contributed by atoms with van der Waals surface area (Å²) in [7, 11) is 0. The summed E-state index contributed by atoms with van der Waals surface area (Å²) in [4.78, 5) is 9.44. The zero-order chi connectivity index (χ0) is 79.1. The van der Waals surface area contributed by atoms with Gasteiger partial charge in [0.2, 0.25) is 0 Å². The fourth-order valence-corrected chi connectivity index (χ4v) is 17.2. The second-order valence-electron chi connectivity index (χ2n) is 38.1. The topological polar surface area (TPSA) is 239 Å². The van der Waals surface area contributed by atoms with Gasteiger partial charge in [-0.3, -0.25) is 0 Å². The number of carbonyl (C=O) groups is 1. The first-order valence-corrected chi connectivity index (χ1v) is 39.9. The first-order valence-electron chi connectivity index (χ1n) is 39.9. The third kappa shape index (κ3) is 25.4. The van der Waals surface area contributed by atoms with Crippen molar-refractivity contribution in [1.82, 2.24) is 0 Å². The van der Waals surface area contributed by atoms with E-state index in [4.69, 9.17) is 114 Å². The minimum absolute atomic E-state index is 0. The van der Waals surface area contributed by atoms with Gasteiger partial charge in [-0.25, -0.2) is 0 Å². The molecule has 20 atom stereocenters. The lowest BCUT2D eigenvalue weighted by molar-refractivity contribution is -0.201. The molecule has 12 heterocycles. The second-order valence-corrected chi connectivity index (χ2v) is 38.1. The molecule has 106 heavy (non-hydrogen) atoms. The average molecular weight is 1520 g/mol. The Kier molecular flexibility index (Phi) is 29.5. The van der Waals surface area contributed by atoms with E-state index >= 15 is 0 Å². The number of rotatable bonds is 20. The Balaban J connectivity index is 0.000000196. The van der Waals surface area contributed by atoms with Crippen molar-refractivity contribution in [2.75, 3.05) is 52.9 Å². The highest BCUT2D eigenvalue weighted by molar-refractivity contribution is 5.72. The van der Waals surface area contributed by atoms with Crippen LogP contribution in [0.5, 0.6) is 0 Å². The molecule has 0 aromatic rings. The summed E-state index contributed by atoms with van der Waals surface area (Å²) >= 11 is 0. The maximum absolute atomic E-state index is 9.44. The molecule has 20 unspecified atom stereocenters. The maximum Gasteiger partial charge on any atom is 1.00 e. The number of hydrogen-bond acceptors (Lipinski definition) is 25. The Hall–Kier alpha value is -1.29. The van der Waals surface area contributed by atoms with Gasteiger partial charge in [-0.05, 0) is 174 Å². The van der Waals surface area contributed by atoms with Gasteiger partial charge in [0, 0.05) is 38.5 Å². The van der Waals surface area contributed by atoms with E-state index in [0.717, 1.165) is 38.5 Å². The molecule has 12 fully saturated rings. The van der Waals surface area contributed by atoms with E-state index in [1.807, 2.05) is 125 Å². The Morgan fingerprint density at radius 2 is 0.368 bits per heavy atom. The first-order chi connectivity index (χ1) is 48.5. The highest BCUT2D eigenvalue weighted by atomic mass is 16.8.